The lowest BCUT2D eigenvalue weighted by atomic mass is 10.1. The highest BCUT2D eigenvalue weighted by Gasteiger charge is 2.13. The van der Waals surface area contributed by atoms with Crippen molar-refractivity contribution < 1.29 is 20.2 Å². The SMILES string of the molecule is O=C(O)/C(Cc1cc(Br)c(O)c(Br)c1)=N\O. The molecule has 0 aliphatic rings. The quantitative estimate of drug-likeness (QED) is 0.442. The van der Waals surface area contributed by atoms with Gasteiger partial charge in [0.25, 0.3) is 0 Å². The van der Waals surface area contributed by atoms with Gasteiger partial charge in [-0.2, -0.15) is 0 Å². The number of carboxylic acid groups (broad SMARTS) is 1. The van der Waals surface area contributed by atoms with Gasteiger partial charge in [-0.15, -0.1) is 0 Å². The van der Waals surface area contributed by atoms with E-state index in [4.69, 9.17) is 10.3 Å². The van der Waals surface area contributed by atoms with Crippen LogP contribution in [0.4, 0.5) is 0 Å². The fourth-order valence-corrected chi connectivity index (χ4v) is 2.35. The van der Waals surface area contributed by atoms with Crippen LogP contribution in [0.1, 0.15) is 5.56 Å². The Morgan fingerprint density at radius 2 is 1.81 bits per heavy atom. The molecule has 0 heterocycles. The number of aliphatic carboxylic acids is 1. The van der Waals surface area contributed by atoms with Crippen LogP contribution in [0.2, 0.25) is 0 Å². The second kappa shape index (κ2) is 5.31. The van der Waals surface area contributed by atoms with Crippen LogP contribution in [0.5, 0.6) is 5.75 Å². The fourth-order valence-electron chi connectivity index (χ4n) is 1.07. The van der Waals surface area contributed by atoms with E-state index in [2.05, 4.69) is 37.0 Å². The first-order chi connectivity index (χ1) is 7.45. The maximum Gasteiger partial charge on any atom is 0.354 e. The van der Waals surface area contributed by atoms with Crippen molar-refractivity contribution in [2.24, 2.45) is 5.16 Å². The lowest BCUT2D eigenvalue weighted by Gasteiger charge is -2.05. The van der Waals surface area contributed by atoms with Crippen LogP contribution < -0.4 is 0 Å². The van der Waals surface area contributed by atoms with E-state index in [1.165, 1.54) is 0 Å². The lowest BCUT2D eigenvalue weighted by molar-refractivity contribution is -0.129. The van der Waals surface area contributed by atoms with Crippen LogP contribution in [0.25, 0.3) is 0 Å². The number of carboxylic acids is 1. The average Bonchev–Trinajstić information content (AvgIpc) is 2.21. The summed E-state index contributed by atoms with van der Waals surface area (Å²) in [7, 11) is 0. The molecule has 0 spiro atoms. The minimum absolute atomic E-state index is 0.0292. The number of rotatable bonds is 3. The Morgan fingerprint density at radius 1 is 1.31 bits per heavy atom. The first-order valence-electron chi connectivity index (χ1n) is 4.06. The van der Waals surface area contributed by atoms with Gasteiger partial charge in [-0.1, -0.05) is 5.16 Å². The van der Waals surface area contributed by atoms with Crippen LogP contribution in [0, 0.1) is 0 Å². The molecule has 16 heavy (non-hydrogen) atoms. The zero-order chi connectivity index (χ0) is 12.3. The van der Waals surface area contributed by atoms with E-state index in [1.807, 2.05) is 0 Å². The second-order valence-corrected chi connectivity index (χ2v) is 4.65. The predicted octanol–water partition coefficient (Wildman–Crippen LogP) is 2.37. The molecule has 0 aromatic heterocycles. The molecule has 0 aliphatic heterocycles. The Kier molecular flexibility index (Phi) is 4.31. The molecule has 86 valence electrons. The number of carbonyl (C=O) groups is 1. The van der Waals surface area contributed by atoms with Gasteiger partial charge in [0.1, 0.15) is 5.75 Å². The van der Waals surface area contributed by atoms with Gasteiger partial charge in [0.2, 0.25) is 0 Å². The molecule has 0 radical (unpaired) electrons. The molecular formula is C9H7Br2NO4. The van der Waals surface area contributed by atoms with E-state index in [-0.39, 0.29) is 17.9 Å². The molecule has 0 saturated carbocycles. The Bertz CT molecular complexity index is 436. The largest absolute Gasteiger partial charge is 0.506 e. The van der Waals surface area contributed by atoms with Gasteiger partial charge in [0, 0.05) is 6.42 Å². The summed E-state index contributed by atoms with van der Waals surface area (Å²) < 4.78 is 0.860. The fraction of sp³-hybridized carbons (Fsp3) is 0.111. The zero-order valence-corrected chi connectivity index (χ0v) is 11.0. The molecule has 0 fully saturated rings. The number of nitrogens with zero attached hydrogens (tertiary/aromatic N) is 1. The minimum atomic E-state index is -1.29. The number of aromatic hydroxyl groups is 1. The third-order valence-corrected chi connectivity index (χ3v) is 3.02. The highest BCUT2D eigenvalue weighted by Crippen LogP contribution is 2.33. The van der Waals surface area contributed by atoms with E-state index in [0.717, 1.165) is 0 Å². The van der Waals surface area contributed by atoms with Crippen molar-refractivity contribution in [2.75, 3.05) is 0 Å². The molecule has 0 amide bonds. The van der Waals surface area contributed by atoms with Crippen molar-refractivity contribution in [1.29, 1.82) is 0 Å². The smallest absolute Gasteiger partial charge is 0.354 e. The summed E-state index contributed by atoms with van der Waals surface area (Å²) in [4.78, 5) is 10.6. The number of halogens is 2. The third-order valence-electron chi connectivity index (χ3n) is 1.82. The van der Waals surface area contributed by atoms with E-state index < -0.39 is 5.97 Å². The Hall–Kier alpha value is -1.08. The molecule has 0 unspecified atom stereocenters. The van der Waals surface area contributed by atoms with E-state index in [0.29, 0.717) is 14.5 Å². The van der Waals surface area contributed by atoms with Crippen LogP contribution in [-0.2, 0) is 11.2 Å². The standard InChI is InChI=1S/C9H7Br2NO4/c10-5-1-4(2-6(11)8(5)13)3-7(12-16)9(14)15/h1-2,13,16H,3H2,(H,14,15)/b12-7-. The summed E-state index contributed by atoms with van der Waals surface area (Å²) >= 11 is 6.23. The normalized spacial score (nSPS) is 11.5. The summed E-state index contributed by atoms with van der Waals surface area (Å²) in [6.45, 7) is 0. The molecule has 0 aliphatic carbocycles. The van der Waals surface area contributed by atoms with Gasteiger partial charge >= 0.3 is 5.97 Å². The van der Waals surface area contributed by atoms with Gasteiger partial charge in [-0.05, 0) is 49.6 Å². The van der Waals surface area contributed by atoms with Gasteiger partial charge < -0.3 is 15.4 Å². The molecule has 5 nitrogen and oxygen atoms in total. The van der Waals surface area contributed by atoms with Gasteiger partial charge in [0.05, 0.1) is 8.95 Å². The van der Waals surface area contributed by atoms with Gasteiger partial charge in [0.15, 0.2) is 5.71 Å². The maximum absolute atomic E-state index is 10.6. The molecule has 1 aromatic carbocycles. The number of oxime groups is 1. The number of hydrogen-bond acceptors (Lipinski definition) is 4. The van der Waals surface area contributed by atoms with Crippen molar-refractivity contribution in [1.82, 2.24) is 0 Å². The molecule has 0 atom stereocenters. The molecule has 1 rings (SSSR count). The molecule has 3 N–H and O–H groups in total. The van der Waals surface area contributed by atoms with Gasteiger partial charge in [-0.25, -0.2) is 4.79 Å². The van der Waals surface area contributed by atoms with E-state index in [1.54, 1.807) is 12.1 Å². The number of hydrogen-bond donors (Lipinski definition) is 3. The van der Waals surface area contributed by atoms with Crippen LogP contribution >= 0.6 is 31.9 Å². The summed E-state index contributed by atoms with van der Waals surface area (Å²) in [5.41, 5.74) is 0.219. The first kappa shape index (κ1) is 13.0. The highest BCUT2D eigenvalue weighted by molar-refractivity contribution is 9.11. The molecule has 0 saturated heterocycles. The predicted molar refractivity (Wildman–Crippen MR) is 64.1 cm³/mol. The highest BCUT2D eigenvalue weighted by atomic mass is 79.9. The topological polar surface area (TPSA) is 90.1 Å². The average molecular weight is 353 g/mol. The first-order valence-corrected chi connectivity index (χ1v) is 5.65. The minimum Gasteiger partial charge on any atom is -0.506 e. The number of phenolic OH excluding ortho intramolecular Hbond substituents is 1. The van der Waals surface area contributed by atoms with Crippen LogP contribution in [-0.4, -0.2) is 27.1 Å². The number of benzene rings is 1. The zero-order valence-electron chi connectivity index (χ0n) is 7.81. The Morgan fingerprint density at radius 3 is 2.19 bits per heavy atom. The maximum atomic E-state index is 10.6. The second-order valence-electron chi connectivity index (χ2n) is 2.94. The van der Waals surface area contributed by atoms with E-state index >= 15 is 0 Å². The monoisotopic (exact) mass is 351 g/mol. The van der Waals surface area contributed by atoms with Crippen molar-refractivity contribution >= 4 is 43.5 Å². The summed E-state index contributed by atoms with van der Waals surface area (Å²) in [6.07, 6.45) is -0.0384. The van der Waals surface area contributed by atoms with Crippen molar-refractivity contribution in [3.05, 3.63) is 26.6 Å². The Labute approximate surface area is 108 Å². The molecular weight excluding hydrogens is 346 g/mol. The van der Waals surface area contributed by atoms with E-state index in [9.17, 15) is 9.90 Å². The number of phenols is 1. The van der Waals surface area contributed by atoms with Crippen molar-refractivity contribution in [3.63, 3.8) is 0 Å². The molecule has 7 heteroatoms. The van der Waals surface area contributed by atoms with Crippen molar-refractivity contribution in [2.45, 2.75) is 6.42 Å². The summed E-state index contributed by atoms with van der Waals surface area (Å²) in [6, 6.07) is 3.10. The lowest BCUT2D eigenvalue weighted by Crippen LogP contribution is -2.15. The van der Waals surface area contributed by atoms with Gasteiger partial charge in [-0.3, -0.25) is 0 Å². The van der Waals surface area contributed by atoms with Crippen molar-refractivity contribution in [3.8, 4) is 5.75 Å². The Balaban J connectivity index is 3.03. The van der Waals surface area contributed by atoms with Crippen LogP contribution in [0.15, 0.2) is 26.2 Å². The van der Waals surface area contributed by atoms with Crippen LogP contribution in [0.3, 0.4) is 0 Å². The molecule has 0 bridgehead atoms. The summed E-state index contributed by atoms with van der Waals surface area (Å²) in [5, 5.41) is 29.3. The molecule has 1 aromatic rings. The third kappa shape index (κ3) is 2.96. The summed E-state index contributed by atoms with van der Waals surface area (Å²) in [5.74, 6) is -1.26.